The predicted molar refractivity (Wildman–Crippen MR) is 95.1 cm³/mol. The first kappa shape index (κ1) is 15.9. The number of aromatic nitrogens is 2. The lowest BCUT2D eigenvalue weighted by Gasteiger charge is -2.18. The van der Waals surface area contributed by atoms with Gasteiger partial charge in [-0.3, -0.25) is 14.2 Å². The van der Waals surface area contributed by atoms with E-state index >= 15 is 0 Å². The van der Waals surface area contributed by atoms with Crippen LogP contribution in [0.3, 0.4) is 0 Å². The normalized spacial score (nSPS) is 12.6. The Morgan fingerprint density at radius 2 is 2.17 bits per heavy atom. The molecule has 0 bridgehead atoms. The van der Waals surface area contributed by atoms with Crippen LogP contribution in [0, 0.1) is 0 Å². The van der Waals surface area contributed by atoms with E-state index in [4.69, 9.17) is 5.73 Å². The molecular weight excluding hydrogens is 330 g/mol. The lowest BCUT2D eigenvalue weighted by molar-refractivity contribution is -0.121. The van der Waals surface area contributed by atoms with Gasteiger partial charge in [-0.2, -0.15) is 0 Å². The maximum absolute atomic E-state index is 13.1. The van der Waals surface area contributed by atoms with Crippen LogP contribution in [-0.4, -0.2) is 15.5 Å². The highest BCUT2D eigenvalue weighted by molar-refractivity contribution is 7.18. The van der Waals surface area contributed by atoms with Crippen LogP contribution in [0.5, 0.6) is 0 Å². The third-order valence-electron chi connectivity index (χ3n) is 3.84. The summed E-state index contributed by atoms with van der Waals surface area (Å²) in [5.74, 6) is 0.103. The summed E-state index contributed by atoms with van der Waals surface area (Å²) < 4.78 is 1.48. The van der Waals surface area contributed by atoms with Crippen molar-refractivity contribution in [1.82, 2.24) is 9.55 Å². The third kappa shape index (κ3) is 2.60. The molecule has 3 heterocycles. The SMILES string of the molecule is CCc1nc2scc(-c3cccs3)c2c(=O)n1C(CC)C(N)=O. The van der Waals surface area contributed by atoms with Gasteiger partial charge in [0.1, 0.15) is 16.7 Å². The zero-order chi connectivity index (χ0) is 16.6. The molecule has 3 rings (SSSR count). The number of hydrogen-bond donors (Lipinski definition) is 1. The van der Waals surface area contributed by atoms with Crippen LogP contribution in [0.1, 0.15) is 32.1 Å². The summed E-state index contributed by atoms with van der Waals surface area (Å²) in [6, 6.07) is 3.27. The van der Waals surface area contributed by atoms with Crippen molar-refractivity contribution in [2.24, 2.45) is 5.73 Å². The Morgan fingerprint density at radius 1 is 1.39 bits per heavy atom. The van der Waals surface area contributed by atoms with E-state index in [-0.39, 0.29) is 5.56 Å². The smallest absolute Gasteiger partial charge is 0.263 e. The van der Waals surface area contributed by atoms with E-state index in [0.717, 1.165) is 10.4 Å². The first-order chi connectivity index (χ1) is 11.1. The van der Waals surface area contributed by atoms with Crippen molar-refractivity contribution in [3.63, 3.8) is 0 Å². The van der Waals surface area contributed by atoms with E-state index in [1.165, 1.54) is 15.9 Å². The number of amides is 1. The van der Waals surface area contributed by atoms with E-state index in [2.05, 4.69) is 4.98 Å². The Labute approximate surface area is 141 Å². The maximum atomic E-state index is 13.1. The molecule has 0 radical (unpaired) electrons. The molecule has 2 N–H and O–H groups in total. The summed E-state index contributed by atoms with van der Waals surface area (Å²) in [5, 5.41) is 4.51. The zero-order valence-electron chi connectivity index (χ0n) is 12.9. The van der Waals surface area contributed by atoms with Gasteiger partial charge in [0.25, 0.3) is 5.56 Å². The molecule has 0 saturated carbocycles. The molecule has 1 amide bonds. The molecule has 5 nitrogen and oxygen atoms in total. The fourth-order valence-corrected chi connectivity index (χ4v) is 4.51. The van der Waals surface area contributed by atoms with Gasteiger partial charge in [0.2, 0.25) is 5.91 Å². The van der Waals surface area contributed by atoms with Crippen LogP contribution in [0.25, 0.3) is 20.7 Å². The Morgan fingerprint density at radius 3 is 2.74 bits per heavy atom. The second-order valence-electron chi connectivity index (χ2n) is 5.19. The van der Waals surface area contributed by atoms with Crippen molar-refractivity contribution >= 4 is 38.8 Å². The van der Waals surface area contributed by atoms with Gasteiger partial charge in [0, 0.05) is 22.2 Å². The van der Waals surface area contributed by atoms with Crippen molar-refractivity contribution < 1.29 is 4.79 Å². The van der Waals surface area contributed by atoms with Crippen LogP contribution >= 0.6 is 22.7 Å². The molecule has 120 valence electrons. The number of nitrogens with zero attached hydrogens (tertiary/aromatic N) is 2. The van der Waals surface area contributed by atoms with Gasteiger partial charge in [0.15, 0.2) is 0 Å². The molecule has 3 aromatic heterocycles. The molecule has 0 aromatic carbocycles. The molecule has 7 heteroatoms. The standard InChI is InChI=1S/C16H17N3O2S2/c1-3-10(14(17)20)19-12(4-2)18-15-13(16(19)21)9(8-23-15)11-6-5-7-22-11/h5-8,10H,3-4H2,1-2H3,(H2,17,20). The van der Waals surface area contributed by atoms with Gasteiger partial charge in [0.05, 0.1) is 5.39 Å². The van der Waals surface area contributed by atoms with E-state index in [0.29, 0.717) is 28.9 Å². The monoisotopic (exact) mass is 347 g/mol. The van der Waals surface area contributed by atoms with Gasteiger partial charge in [-0.15, -0.1) is 22.7 Å². The van der Waals surface area contributed by atoms with Gasteiger partial charge in [-0.25, -0.2) is 4.98 Å². The van der Waals surface area contributed by atoms with Gasteiger partial charge >= 0.3 is 0 Å². The van der Waals surface area contributed by atoms with E-state index in [1.54, 1.807) is 11.3 Å². The minimum atomic E-state index is -0.662. The molecule has 0 aliphatic rings. The highest BCUT2D eigenvalue weighted by Crippen LogP contribution is 2.34. The zero-order valence-corrected chi connectivity index (χ0v) is 14.5. The Balaban J connectivity index is 2.35. The van der Waals surface area contributed by atoms with Gasteiger partial charge in [-0.05, 0) is 17.9 Å². The van der Waals surface area contributed by atoms with Crippen molar-refractivity contribution in [3.05, 3.63) is 39.1 Å². The first-order valence-corrected chi connectivity index (χ1v) is 9.20. The van der Waals surface area contributed by atoms with Crippen molar-refractivity contribution in [2.75, 3.05) is 0 Å². The maximum Gasteiger partial charge on any atom is 0.263 e. The van der Waals surface area contributed by atoms with Crippen LogP contribution in [-0.2, 0) is 11.2 Å². The summed E-state index contributed by atoms with van der Waals surface area (Å²) in [7, 11) is 0. The van der Waals surface area contributed by atoms with E-state index in [1.807, 2.05) is 36.7 Å². The molecule has 0 spiro atoms. The van der Waals surface area contributed by atoms with Crippen molar-refractivity contribution in [3.8, 4) is 10.4 Å². The minimum Gasteiger partial charge on any atom is -0.368 e. The number of thiophene rings is 2. The van der Waals surface area contributed by atoms with Gasteiger partial charge in [-0.1, -0.05) is 19.9 Å². The molecular formula is C16H17N3O2S2. The van der Waals surface area contributed by atoms with E-state index in [9.17, 15) is 9.59 Å². The average Bonchev–Trinajstić information content (AvgIpc) is 3.18. The quantitative estimate of drug-likeness (QED) is 0.770. The molecule has 0 aliphatic carbocycles. The second-order valence-corrected chi connectivity index (χ2v) is 7.00. The number of carbonyl (C=O) groups excluding carboxylic acids is 1. The number of aryl methyl sites for hydroxylation is 1. The second kappa shape index (κ2) is 6.25. The highest BCUT2D eigenvalue weighted by Gasteiger charge is 2.24. The summed E-state index contributed by atoms with van der Waals surface area (Å²) in [4.78, 5) is 31.2. The summed E-state index contributed by atoms with van der Waals surface area (Å²) >= 11 is 3.04. The minimum absolute atomic E-state index is 0.179. The lowest BCUT2D eigenvalue weighted by atomic mass is 10.1. The predicted octanol–water partition coefficient (Wildman–Crippen LogP) is 3.19. The fourth-order valence-electron chi connectivity index (χ4n) is 2.74. The number of hydrogen-bond acceptors (Lipinski definition) is 5. The number of nitrogens with two attached hydrogens (primary N) is 1. The number of fused-ring (bicyclic) bond motifs is 1. The molecule has 0 fully saturated rings. The molecule has 3 aromatic rings. The topological polar surface area (TPSA) is 78.0 Å². The Bertz CT molecular complexity index is 909. The molecule has 1 atom stereocenters. The number of carbonyl (C=O) groups is 1. The molecule has 0 saturated heterocycles. The molecule has 23 heavy (non-hydrogen) atoms. The van der Waals surface area contributed by atoms with Crippen LogP contribution < -0.4 is 11.3 Å². The fraction of sp³-hybridized carbons (Fsp3) is 0.312. The Kier molecular flexibility index (Phi) is 4.32. The lowest BCUT2D eigenvalue weighted by Crippen LogP contribution is -2.36. The summed E-state index contributed by atoms with van der Waals surface area (Å²) in [5.41, 5.74) is 6.21. The van der Waals surface area contributed by atoms with Gasteiger partial charge < -0.3 is 5.73 Å². The molecule has 1 unspecified atom stereocenters. The average molecular weight is 347 g/mol. The van der Waals surface area contributed by atoms with Crippen LogP contribution in [0.4, 0.5) is 0 Å². The summed E-state index contributed by atoms with van der Waals surface area (Å²) in [6.45, 7) is 3.77. The first-order valence-electron chi connectivity index (χ1n) is 7.44. The molecule has 0 aliphatic heterocycles. The van der Waals surface area contributed by atoms with Crippen molar-refractivity contribution in [2.45, 2.75) is 32.7 Å². The van der Waals surface area contributed by atoms with Crippen LogP contribution in [0.15, 0.2) is 27.7 Å². The third-order valence-corrected chi connectivity index (χ3v) is 5.62. The highest BCUT2D eigenvalue weighted by atomic mass is 32.1. The Hall–Kier alpha value is -1.99. The number of rotatable bonds is 5. The largest absolute Gasteiger partial charge is 0.368 e. The number of primary amides is 1. The van der Waals surface area contributed by atoms with Crippen molar-refractivity contribution in [1.29, 1.82) is 0 Å². The summed E-state index contributed by atoms with van der Waals surface area (Å²) in [6.07, 6.45) is 1.04. The van der Waals surface area contributed by atoms with E-state index < -0.39 is 11.9 Å². The van der Waals surface area contributed by atoms with Crippen LogP contribution in [0.2, 0.25) is 0 Å².